The van der Waals surface area contributed by atoms with E-state index in [1.54, 1.807) is 13.4 Å². The molecule has 3 nitrogen and oxygen atoms in total. The minimum atomic E-state index is -0.212. The molecule has 0 bridgehead atoms. The van der Waals surface area contributed by atoms with E-state index in [2.05, 4.69) is 0 Å². The Morgan fingerprint density at radius 2 is 2.13 bits per heavy atom. The summed E-state index contributed by atoms with van der Waals surface area (Å²) >= 11 is 0. The van der Waals surface area contributed by atoms with E-state index in [-0.39, 0.29) is 11.6 Å². The van der Waals surface area contributed by atoms with Crippen molar-refractivity contribution in [1.29, 1.82) is 0 Å². The van der Waals surface area contributed by atoms with E-state index >= 15 is 0 Å². The van der Waals surface area contributed by atoms with Crippen molar-refractivity contribution >= 4 is 0 Å². The van der Waals surface area contributed by atoms with Crippen LogP contribution in [0.3, 0.4) is 0 Å². The van der Waals surface area contributed by atoms with Crippen molar-refractivity contribution in [3.63, 3.8) is 0 Å². The van der Waals surface area contributed by atoms with Gasteiger partial charge in [0.1, 0.15) is 5.76 Å². The maximum absolute atomic E-state index is 6.24. The van der Waals surface area contributed by atoms with E-state index in [0.717, 1.165) is 18.6 Å². The van der Waals surface area contributed by atoms with E-state index in [1.165, 1.54) is 19.3 Å². The molecule has 15 heavy (non-hydrogen) atoms. The van der Waals surface area contributed by atoms with Crippen LogP contribution in [0.4, 0.5) is 0 Å². The van der Waals surface area contributed by atoms with Crippen LogP contribution in [0.25, 0.3) is 0 Å². The predicted molar refractivity (Wildman–Crippen MR) is 58.5 cm³/mol. The molecule has 0 radical (unpaired) electrons. The second kappa shape index (κ2) is 4.37. The smallest absolute Gasteiger partial charge is 0.123 e. The number of nitrogens with two attached hydrogens (primary N) is 1. The third-order valence-electron chi connectivity index (χ3n) is 3.52. The van der Waals surface area contributed by atoms with Crippen molar-refractivity contribution in [1.82, 2.24) is 0 Å². The van der Waals surface area contributed by atoms with Crippen LogP contribution < -0.4 is 5.73 Å². The van der Waals surface area contributed by atoms with E-state index in [4.69, 9.17) is 14.9 Å². The van der Waals surface area contributed by atoms with Crippen LogP contribution in [-0.2, 0) is 4.74 Å². The highest BCUT2D eigenvalue weighted by molar-refractivity contribution is 5.10. The normalized spacial score (nSPS) is 22.5. The molecule has 1 unspecified atom stereocenters. The number of hydrogen-bond donors (Lipinski definition) is 1. The molecule has 1 heterocycles. The van der Waals surface area contributed by atoms with Crippen molar-refractivity contribution < 1.29 is 9.15 Å². The SMILES string of the molecule is COC1(C(N)c2ccco2)CCCCC1. The maximum Gasteiger partial charge on any atom is 0.123 e. The Morgan fingerprint density at radius 3 is 2.67 bits per heavy atom. The molecule has 0 spiro atoms. The van der Waals surface area contributed by atoms with Crippen molar-refractivity contribution in [2.45, 2.75) is 43.7 Å². The Bertz CT molecular complexity index is 289. The van der Waals surface area contributed by atoms with Gasteiger partial charge < -0.3 is 14.9 Å². The standard InChI is InChI=1S/C12H19NO2/c1-14-12(7-3-2-4-8-12)11(13)10-6-5-9-15-10/h5-6,9,11H,2-4,7-8,13H2,1H3. The first-order valence-corrected chi connectivity index (χ1v) is 5.63. The van der Waals surface area contributed by atoms with E-state index in [0.29, 0.717) is 0 Å². The fourth-order valence-corrected chi connectivity index (χ4v) is 2.52. The van der Waals surface area contributed by atoms with Crippen LogP contribution >= 0.6 is 0 Å². The average molecular weight is 209 g/mol. The van der Waals surface area contributed by atoms with Crippen molar-refractivity contribution in [2.24, 2.45) is 5.73 Å². The lowest BCUT2D eigenvalue weighted by atomic mass is 9.78. The lowest BCUT2D eigenvalue weighted by Gasteiger charge is -2.39. The number of methoxy groups -OCH3 is 1. The molecule has 3 heteroatoms. The molecule has 0 aromatic carbocycles. The van der Waals surface area contributed by atoms with Gasteiger partial charge in [-0.3, -0.25) is 0 Å². The summed E-state index contributed by atoms with van der Waals surface area (Å²) < 4.78 is 11.0. The van der Waals surface area contributed by atoms with E-state index in [9.17, 15) is 0 Å². The van der Waals surface area contributed by atoms with Gasteiger partial charge >= 0.3 is 0 Å². The number of ether oxygens (including phenoxy) is 1. The highest BCUT2D eigenvalue weighted by atomic mass is 16.5. The molecule has 84 valence electrons. The van der Waals surface area contributed by atoms with Gasteiger partial charge in [0.2, 0.25) is 0 Å². The summed E-state index contributed by atoms with van der Waals surface area (Å²) in [6.45, 7) is 0. The minimum absolute atomic E-state index is 0.141. The Kier molecular flexibility index (Phi) is 3.12. The fraction of sp³-hybridized carbons (Fsp3) is 0.667. The highest BCUT2D eigenvalue weighted by Crippen LogP contribution is 2.39. The van der Waals surface area contributed by atoms with Gasteiger partial charge in [-0.15, -0.1) is 0 Å². The number of rotatable bonds is 3. The highest BCUT2D eigenvalue weighted by Gasteiger charge is 2.40. The lowest BCUT2D eigenvalue weighted by Crippen LogP contribution is -2.44. The molecule has 1 saturated carbocycles. The second-order valence-corrected chi connectivity index (χ2v) is 4.32. The van der Waals surface area contributed by atoms with Crippen LogP contribution in [0.5, 0.6) is 0 Å². The molecule has 1 aliphatic rings. The van der Waals surface area contributed by atoms with E-state index in [1.807, 2.05) is 12.1 Å². The van der Waals surface area contributed by atoms with Crippen LogP contribution in [0, 0.1) is 0 Å². The molecule has 2 N–H and O–H groups in total. The number of hydrogen-bond acceptors (Lipinski definition) is 3. The molecule has 0 saturated heterocycles. The van der Waals surface area contributed by atoms with Gasteiger partial charge in [0.05, 0.1) is 17.9 Å². The Labute approximate surface area is 90.6 Å². The first-order chi connectivity index (χ1) is 7.28. The molecule has 1 atom stereocenters. The summed E-state index contributed by atoms with van der Waals surface area (Å²) in [5, 5.41) is 0. The largest absolute Gasteiger partial charge is 0.468 e. The Balaban J connectivity index is 2.18. The minimum Gasteiger partial charge on any atom is -0.468 e. The Morgan fingerprint density at radius 1 is 1.40 bits per heavy atom. The molecular formula is C12H19NO2. The molecule has 1 fully saturated rings. The summed E-state index contributed by atoms with van der Waals surface area (Å²) in [5.41, 5.74) is 6.03. The summed E-state index contributed by atoms with van der Waals surface area (Å²) in [7, 11) is 1.76. The molecule has 0 aliphatic heterocycles. The third-order valence-corrected chi connectivity index (χ3v) is 3.52. The van der Waals surface area contributed by atoms with Gasteiger partial charge in [-0.1, -0.05) is 19.3 Å². The molecule has 1 aromatic heterocycles. The third kappa shape index (κ3) is 1.94. The van der Waals surface area contributed by atoms with Crippen molar-refractivity contribution in [3.8, 4) is 0 Å². The van der Waals surface area contributed by atoms with Crippen LogP contribution in [0.2, 0.25) is 0 Å². The molecule has 1 aromatic rings. The fourth-order valence-electron chi connectivity index (χ4n) is 2.52. The first kappa shape index (κ1) is 10.7. The van der Waals surface area contributed by atoms with Gasteiger partial charge in [-0.2, -0.15) is 0 Å². The lowest BCUT2D eigenvalue weighted by molar-refractivity contribution is -0.0637. The number of furan rings is 1. The topological polar surface area (TPSA) is 48.4 Å². The molecule has 1 aliphatic carbocycles. The maximum atomic E-state index is 6.24. The van der Waals surface area contributed by atoms with Crippen LogP contribution in [0.1, 0.15) is 43.9 Å². The quantitative estimate of drug-likeness (QED) is 0.832. The van der Waals surface area contributed by atoms with Crippen molar-refractivity contribution in [3.05, 3.63) is 24.2 Å². The van der Waals surface area contributed by atoms with Crippen LogP contribution in [0.15, 0.2) is 22.8 Å². The summed E-state index contributed by atoms with van der Waals surface area (Å²) in [5.74, 6) is 0.832. The zero-order valence-corrected chi connectivity index (χ0v) is 9.24. The molecule has 2 rings (SSSR count). The zero-order valence-electron chi connectivity index (χ0n) is 9.24. The van der Waals surface area contributed by atoms with Crippen LogP contribution in [-0.4, -0.2) is 12.7 Å². The second-order valence-electron chi connectivity index (χ2n) is 4.32. The van der Waals surface area contributed by atoms with Gasteiger partial charge in [-0.25, -0.2) is 0 Å². The summed E-state index contributed by atoms with van der Waals surface area (Å²) in [4.78, 5) is 0. The van der Waals surface area contributed by atoms with E-state index < -0.39 is 0 Å². The van der Waals surface area contributed by atoms with Gasteiger partial charge in [0, 0.05) is 7.11 Å². The zero-order chi connectivity index (χ0) is 10.7. The predicted octanol–water partition coefficient (Wildman–Crippen LogP) is 2.63. The average Bonchev–Trinajstić information content (AvgIpc) is 2.82. The summed E-state index contributed by atoms with van der Waals surface area (Å²) in [6.07, 6.45) is 7.42. The van der Waals surface area contributed by atoms with Crippen molar-refractivity contribution in [2.75, 3.05) is 7.11 Å². The van der Waals surface area contributed by atoms with Gasteiger partial charge in [-0.05, 0) is 25.0 Å². The summed E-state index contributed by atoms with van der Waals surface area (Å²) in [6, 6.07) is 3.67. The monoisotopic (exact) mass is 209 g/mol. The van der Waals surface area contributed by atoms with Gasteiger partial charge in [0.25, 0.3) is 0 Å². The first-order valence-electron chi connectivity index (χ1n) is 5.63. The molecular weight excluding hydrogens is 190 g/mol. The molecule has 0 amide bonds. The van der Waals surface area contributed by atoms with Gasteiger partial charge in [0.15, 0.2) is 0 Å². The Hall–Kier alpha value is -0.800.